The van der Waals surface area contributed by atoms with Gasteiger partial charge in [0, 0.05) is 13.0 Å². The third-order valence-corrected chi connectivity index (χ3v) is 2.86. The van der Waals surface area contributed by atoms with Gasteiger partial charge in [-0.2, -0.15) is 0 Å². The first-order chi connectivity index (χ1) is 7.00. The van der Waals surface area contributed by atoms with Crippen LogP contribution in [-0.2, 0) is 6.42 Å². The van der Waals surface area contributed by atoms with E-state index in [1.807, 2.05) is 13.8 Å². The normalized spacial score (nSPS) is 15.0. The lowest BCUT2D eigenvalue weighted by molar-refractivity contribution is 0.0454. The molecule has 0 spiro atoms. The minimum atomic E-state index is -0.872. The van der Waals surface area contributed by atoms with Gasteiger partial charge >= 0.3 is 0 Å². The van der Waals surface area contributed by atoms with Crippen molar-refractivity contribution in [1.29, 1.82) is 0 Å². The predicted molar refractivity (Wildman–Crippen MR) is 59.1 cm³/mol. The second-order valence-corrected chi connectivity index (χ2v) is 4.03. The Bertz CT molecular complexity index is 334. The summed E-state index contributed by atoms with van der Waals surface area (Å²) < 4.78 is 12.9. The Labute approximate surface area is 89.9 Å². The Balaban J connectivity index is 2.89. The second kappa shape index (κ2) is 4.73. The van der Waals surface area contributed by atoms with Crippen LogP contribution in [0.3, 0.4) is 0 Å². The highest BCUT2D eigenvalue weighted by molar-refractivity contribution is 5.28. The molecule has 0 aliphatic rings. The molecule has 0 saturated carbocycles. The molecule has 0 aliphatic carbocycles. The van der Waals surface area contributed by atoms with Crippen LogP contribution in [0.2, 0.25) is 0 Å². The summed E-state index contributed by atoms with van der Waals surface area (Å²) >= 11 is 0. The van der Waals surface area contributed by atoms with E-state index in [4.69, 9.17) is 5.73 Å². The van der Waals surface area contributed by atoms with Gasteiger partial charge in [-0.1, -0.05) is 13.0 Å². The summed E-state index contributed by atoms with van der Waals surface area (Å²) in [4.78, 5) is 0. The van der Waals surface area contributed by atoms with Crippen LogP contribution in [0.1, 0.15) is 24.5 Å². The Morgan fingerprint density at radius 1 is 1.47 bits per heavy atom. The monoisotopic (exact) mass is 211 g/mol. The van der Waals surface area contributed by atoms with E-state index in [2.05, 4.69) is 0 Å². The maximum Gasteiger partial charge on any atom is 0.123 e. The van der Waals surface area contributed by atoms with Gasteiger partial charge in [0.1, 0.15) is 5.82 Å². The first kappa shape index (κ1) is 12.1. The summed E-state index contributed by atoms with van der Waals surface area (Å²) in [5, 5.41) is 10.1. The number of hydrogen-bond donors (Lipinski definition) is 2. The quantitative estimate of drug-likeness (QED) is 0.797. The van der Waals surface area contributed by atoms with E-state index in [1.165, 1.54) is 12.1 Å². The van der Waals surface area contributed by atoms with E-state index in [0.717, 1.165) is 11.1 Å². The van der Waals surface area contributed by atoms with Crippen LogP contribution < -0.4 is 5.73 Å². The molecule has 0 saturated heterocycles. The number of hydrogen-bond acceptors (Lipinski definition) is 2. The highest BCUT2D eigenvalue weighted by atomic mass is 19.1. The Kier molecular flexibility index (Phi) is 3.83. The summed E-state index contributed by atoms with van der Waals surface area (Å²) in [5.41, 5.74) is 6.46. The van der Waals surface area contributed by atoms with Gasteiger partial charge < -0.3 is 10.8 Å². The van der Waals surface area contributed by atoms with Crippen molar-refractivity contribution in [3.05, 3.63) is 35.1 Å². The fraction of sp³-hybridized carbons (Fsp3) is 0.500. The van der Waals surface area contributed by atoms with Crippen molar-refractivity contribution in [1.82, 2.24) is 0 Å². The molecule has 0 radical (unpaired) electrons. The van der Waals surface area contributed by atoms with E-state index in [0.29, 0.717) is 12.8 Å². The van der Waals surface area contributed by atoms with E-state index in [9.17, 15) is 9.50 Å². The molecule has 3 N–H and O–H groups in total. The molecule has 0 aromatic heterocycles. The first-order valence-electron chi connectivity index (χ1n) is 5.18. The summed E-state index contributed by atoms with van der Waals surface area (Å²) in [5.74, 6) is -0.246. The topological polar surface area (TPSA) is 46.2 Å². The van der Waals surface area contributed by atoms with Crippen molar-refractivity contribution >= 4 is 0 Å². The van der Waals surface area contributed by atoms with Crippen LogP contribution in [-0.4, -0.2) is 17.3 Å². The molecule has 0 aliphatic heterocycles. The molecule has 3 heteroatoms. The van der Waals surface area contributed by atoms with Crippen molar-refractivity contribution in [3.8, 4) is 0 Å². The minimum Gasteiger partial charge on any atom is -0.388 e. The van der Waals surface area contributed by atoms with Crippen LogP contribution in [0.15, 0.2) is 18.2 Å². The number of halogens is 1. The van der Waals surface area contributed by atoms with Crippen LogP contribution in [0.5, 0.6) is 0 Å². The van der Waals surface area contributed by atoms with Crippen molar-refractivity contribution in [3.63, 3.8) is 0 Å². The number of rotatable bonds is 4. The number of nitrogens with two attached hydrogens (primary N) is 1. The third kappa shape index (κ3) is 3.01. The van der Waals surface area contributed by atoms with Gasteiger partial charge in [-0.3, -0.25) is 0 Å². The smallest absolute Gasteiger partial charge is 0.123 e. The molecular weight excluding hydrogens is 193 g/mol. The fourth-order valence-electron chi connectivity index (χ4n) is 1.55. The van der Waals surface area contributed by atoms with Crippen molar-refractivity contribution in [2.75, 3.05) is 6.54 Å². The van der Waals surface area contributed by atoms with Crippen molar-refractivity contribution in [2.45, 2.75) is 32.3 Å². The van der Waals surface area contributed by atoms with Crippen LogP contribution in [0.4, 0.5) is 4.39 Å². The van der Waals surface area contributed by atoms with Crippen LogP contribution in [0.25, 0.3) is 0 Å². The molecule has 15 heavy (non-hydrogen) atoms. The van der Waals surface area contributed by atoms with E-state index >= 15 is 0 Å². The largest absolute Gasteiger partial charge is 0.388 e. The molecule has 84 valence electrons. The second-order valence-electron chi connectivity index (χ2n) is 4.03. The summed E-state index contributed by atoms with van der Waals surface area (Å²) in [6, 6.07) is 4.60. The SMILES string of the molecule is CCC(O)(CN)Cc1ccc(F)cc1C. The zero-order valence-corrected chi connectivity index (χ0v) is 9.26. The average Bonchev–Trinajstić information content (AvgIpc) is 2.22. The number of aryl methyl sites for hydroxylation is 1. The molecule has 1 aromatic rings. The van der Waals surface area contributed by atoms with Gasteiger partial charge in [-0.15, -0.1) is 0 Å². The van der Waals surface area contributed by atoms with Gasteiger partial charge in [0.2, 0.25) is 0 Å². The van der Waals surface area contributed by atoms with Gasteiger partial charge in [0.05, 0.1) is 5.60 Å². The fourth-order valence-corrected chi connectivity index (χ4v) is 1.55. The standard InChI is InChI=1S/C12H18FNO/c1-3-12(15,8-14)7-10-4-5-11(13)6-9(10)2/h4-6,15H,3,7-8,14H2,1-2H3. The molecule has 0 amide bonds. The molecule has 0 heterocycles. The lowest BCUT2D eigenvalue weighted by atomic mass is 9.90. The predicted octanol–water partition coefficient (Wildman–Crippen LogP) is 1.78. The first-order valence-corrected chi connectivity index (χ1v) is 5.18. The summed E-state index contributed by atoms with van der Waals surface area (Å²) in [7, 11) is 0. The maximum absolute atomic E-state index is 12.9. The Morgan fingerprint density at radius 3 is 2.60 bits per heavy atom. The molecular formula is C12H18FNO. The lowest BCUT2D eigenvalue weighted by Gasteiger charge is -2.25. The van der Waals surface area contributed by atoms with Crippen LogP contribution in [0, 0.1) is 12.7 Å². The molecule has 1 aromatic carbocycles. The highest BCUT2D eigenvalue weighted by Gasteiger charge is 2.23. The lowest BCUT2D eigenvalue weighted by Crippen LogP contribution is -2.39. The maximum atomic E-state index is 12.9. The molecule has 1 rings (SSSR count). The van der Waals surface area contributed by atoms with Gasteiger partial charge in [0.25, 0.3) is 0 Å². The highest BCUT2D eigenvalue weighted by Crippen LogP contribution is 2.19. The number of benzene rings is 1. The zero-order valence-electron chi connectivity index (χ0n) is 9.26. The Hall–Kier alpha value is -0.930. The van der Waals surface area contributed by atoms with Crippen LogP contribution >= 0.6 is 0 Å². The van der Waals surface area contributed by atoms with E-state index in [-0.39, 0.29) is 12.4 Å². The molecule has 1 atom stereocenters. The summed E-state index contributed by atoms with van der Waals surface area (Å²) in [6.07, 6.45) is 1.08. The van der Waals surface area contributed by atoms with Gasteiger partial charge in [-0.25, -0.2) is 4.39 Å². The summed E-state index contributed by atoms with van der Waals surface area (Å²) in [6.45, 7) is 3.96. The Morgan fingerprint density at radius 2 is 2.13 bits per heavy atom. The van der Waals surface area contributed by atoms with Gasteiger partial charge in [0.15, 0.2) is 0 Å². The molecule has 0 fully saturated rings. The van der Waals surface area contributed by atoms with Gasteiger partial charge in [-0.05, 0) is 36.6 Å². The van der Waals surface area contributed by atoms with E-state index < -0.39 is 5.60 Å². The third-order valence-electron chi connectivity index (χ3n) is 2.86. The average molecular weight is 211 g/mol. The van der Waals surface area contributed by atoms with Crippen molar-refractivity contribution in [2.24, 2.45) is 5.73 Å². The zero-order chi connectivity index (χ0) is 11.5. The molecule has 1 unspecified atom stereocenters. The van der Waals surface area contributed by atoms with Crippen molar-refractivity contribution < 1.29 is 9.50 Å². The number of aliphatic hydroxyl groups is 1. The minimum absolute atomic E-state index is 0.223. The molecule has 0 bridgehead atoms. The van der Waals surface area contributed by atoms with E-state index in [1.54, 1.807) is 6.07 Å². The molecule has 2 nitrogen and oxygen atoms in total.